The number of hydrogen-bond donors (Lipinski definition) is 3. The van der Waals surface area contributed by atoms with Crippen molar-refractivity contribution in [3.05, 3.63) is 52.5 Å². The van der Waals surface area contributed by atoms with Gasteiger partial charge in [-0.15, -0.1) is 0 Å². The van der Waals surface area contributed by atoms with E-state index in [0.29, 0.717) is 4.47 Å². The van der Waals surface area contributed by atoms with Crippen molar-refractivity contribution in [2.45, 2.75) is 4.90 Å². The van der Waals surface area contributed by atoms with Gasteiger partial charge in [0.15, 0.2) is 0 Å². The molecule has 0 aromatic heterocycles. The van der Waals surface area contributed by atoms with Crippen LogP contribution in [0.4, 0.5) is 5.69 Å². The summed E-state index contributed by atoms with van der Waals surface area (Å²) in [6.07, 6.45) is 0. The summed E-state index contributed by atoms with van der Waals surface area (Å²) < 4.78 is 23.0. The largest absolute Gasteiger partial charge is 0.507 e. The van der Waals surface area contributed by atoms with Gasteiger partial charge in [-0.05, 0) is 52.3 Å². The number of carbonyl (C=O) groups excluding carboxylic acids is 1. The van der Waals surface area contributed by atoms with Crippen LogP contribution in [-0.4, -0.2) is 19.4 Å². The lowest BCUT2D eigenvalue weighted by Gasteiger charge is -2.07. The first-order valence-corrected chi connectivity index (χ1v) is 8.04. The highest BCUT2D eigenvalue weighted by molar-refractivity contribution is 9.10. The lowest BCUT2D eigenvalue weighted by Crippen LogP contribution is -2.14. The zero-order valence-corrected chi connectivity index (χ0v) is 13.0. The highest BCUT2D eigenvalue weighted by Gasteiger charge is 2.11. The van der Waals surface area contributed by atoms with E-state index in [1.165, 1.54) is 42.5 Å². The number of phenolic OH excluding ortho intramolecular Hbond substituents is 1. The summed E-state index contributed by atoms with van der Waals surface area (Å²) in [5.41, 5.74) is 0.519. The second kappa shape index (κ2) is 5.84. The molecule has 8 heteroatoms. The van der Waals surface area contributed by atoms with Crippen molar-refractivity contribution in [2.24, 2.45) is 5.14 Å². The van der Waals surface area contributed by atoms with E-state index in [-0.39, 0.29) is 21.9 Å². The van der Waals surface area contributed by atoms with Crippen molar-refractivity contribution in [3.63, 3.8) is 0 Å². The van der Waals surface area contributed by atoms with Crippen molar-refractivity contribution < 1.29 is 18.3 Å². The summed E-state index contributed by atoms with van der Waals surface area (Å²) >= 11 is 3.11. The van der Waals surface area contributed by atoms with E-state index in [9.17, 15) is 18.3 Å². The van der Waals surface area contributed by atoms with Gasteiger partial charge in [0.05, 0.1) is 9.37 Å². The van der Waals surface area contributed by atoms with Crippen LogP contribution in [0, 0.1) is 0 Å². The van der Waals surface area contributed by atoms with Crippen LogP contribution >= 0.6 is 15.9 Å². The third kappa shape index (κ3) is 3.81. The summed E-state index contributed by atoms with van der Waals surface area (Å²) in [6, 6.07) is 9.93. The average Bonchev–Trinajstić information content (AvgIpc) is 2.41. The number of rotatable bonds is 3. The number of carbonyl (C=O) groups is 1. The van der Waals surface area contributed by atoms with E-state index in [1.807, 2.05) is 0 Å². The van der Waals surface area contributed by atoms with Gasteiger partial charge >= 0.3 is 0 Å². The summed E-state index contributed by atoms with van der Waals surface area (Å²) in [5, 5.41) is 17.1. The molecule has 0 fully saturated rings. The molecule has 21 heavy (non-hydrogen) atoms. The number of sulfonamides is 1. The molecule has 0 atom stereocenters. The predicted molar refractivity (Wildman–Crippen MR) is 81.6 cm³/mol. The Morgan fingerprint density at radius 1 is 1.19 bits per heavy atom. The quantitative estimate of drug-likeness (QED) is 0.767. The molecule has 0 aliphatic heterocycles. The van der Waals surface area contributed by atoms with Crippen LogP contribution in [0.2, 0.25) is 0 Å². The molecule has 0 radical (unpaired) electrons. The van der Waals surface area contributed by atoms with Crippen LogP contribution in [0.25, 0.3) is 0 Å². The van der Waals surface area contributed by atoms with E-state index in [4.69, 9.17) is 5.14 Å². The maximum Gasteiger partial charge on any atom is 0.255 e. The maximum atomic E-state index is 12.0. The molecule has 2 aromatic rings. The number of nitrogens with two attached hydrogens (primary N) is 1. The first kappa shape index (κ1) is 15.5. The van der Waals surface area contributed by atoms with Gasteiger partial charge in [-0.2, -0.15) is 0 Å². The van der Waals surface area contributed by atoms with Crippen LogP contribution in [0.3, 0.4) is 0 Å². The second-order valence-corrected chi connectivity index (χ2v) is 6.61. The molecule has 2 aromatic carbocycles. The number of aromatic hydroxyl groups is 1. The van der Waals surface area contributed by atoms with Crippen LogP contribution in [-0.2, 0) is 10.0 Å². The standard InChI is InChI=1S/C13H11BrN2O4S/c14-11-5-4-8(6-12(11)17)13(18)16-9-2-1-3-10(7-9)21(15,19)20/h1-7,17H,(H,16,18)(H2,15,19,20). The lowest BCUT2D eigenvalue weighted by molar-refractivity contribution is 0.102. The van der Waals surface area contributed by atoms with Gasteiger partial charge in [0.2, 0.25) is 10.0 Å². The number of phenols is 1. The Labute approximate surface area is 129 Å². The van der Waals surface area contributed by atoms with Crippen molar-refractivity contribution in [1.82, 2.24) is 0 Å². The number of hydrogen-bond acceptors (Lipinski definition) is 4. The number of halogens is 1. The smallest absolute Gasteiger partial charge is 0.255 e. The molecule has 6 nitrogen and oxygen atoms in total. The molecule has 0 unspecified atom stereocenters. The van der Waals surface area contributed by atoms with Crippen LogP contribution < -0.4 is 10.5 Å². The average molecular weight is 371 g/mol. The van der Waals surface area contributed by atoms with Gasteiger partial charge in [-0.1, -0.05) is 6.07 Å². The zero-order valence-electron chi connectivity index (χ0n) is 10.6. The lowest BCUT2D eigenvalue weighted by atomic mass is 10.2. The SMILES string of the molecule is NS(=O)(=O)c1cccc(NC(=O)c2ccc(Br)c(O)c2)c1. The van der Waals surface area contributed by atoms with E-state index in [1.54, 1.807) is 0 Å². The fourth-order valence-corrected chi connectivity index (χ4v) is 2.41. The number of benzene rings is 2. The van der Waals surface area contributed by atoms with Gasteiger partial charge in [0.25, 0.3) is 5.91 Å². The number of anilines is 1. The Balaban J connectivity index is 2.25. The second-order valence-electron chi connectivity index (χ2n) is 4.19. The Bertz CT molecular complexity index is 806. The molecule has 0 aliphatic rings. The molecule has 0 aliphatic carbocycles. The maximum absolute atomic E-state index is 12.0. The minimum Gasteiger partial charge on any atom is -0.507 e. The number of primary sulfonamides is 1. The summed E-state index contributed by atoms with van der Waals surface area (Å²) in [5.74, 6) is -0.551. The Morgan fingerprint density at radius 2 is 1.90 bits per heavy atom. The monoisotopic (exact) mass is 370 g/mol. The number of amides is 1. The molecule has 0 spiro atoms. The molecule has 0 saturated carbocycles. The van der Waals surface area contributed by atoms with Crippen molar-refractivity contribution in [2.75, 3.05) is 5.32 Å². The van der Waals surface area contributed by atoms with Gasteiger partial charge in [0, 0.05) is 11.3 Å². The van der Waals surface area contributed by atoms with E-state index in [0.717, 1.165) is 0 Å². The van der Waals surface area contributed by atoms with Crippen LogP contribution in [0.15, 0.2) is 51.8 Å². The first-order valence-electron chi connectivity index (χ1n) is 5.70. The van der Waals surface area contributed by atoms with Crippen molar-refractivity contribution in [1.29, 1.82) is 0 Å². The first-order chi connectivity index (χ1) is 9.77. The molecule has 1 amide bonds. The molecule has 0 bridgehead atoms. The molecular weight excluding hydrogens is 360 g/mol. The summed E-state index contributed by atoms with van der Waals surface area (Å²) in [7, 11) is -3.84. The molecule has 4 N–H and O–H groups in total. The molecule has 2 rings (SSSR count). The molecular formula is C13H11BrN2O4S. The Kier molecular flexibility index (Phi) is 4.31. The Hall–Kier alpha value is -1.90. The van der Waals surface area contributed by atoms with Crippen molar-refractivity contribution >= 4 is 37.5 Å². The van der Waals surface area contributed by atoms with E-state index < -0.39 is 15.9 Å². The van der Waals surface area contributed by atoms with Crippen molar-refractivity contribution in [3.8, 4) is 5.75 Å². The van der Waals surface area contributed by atoms with Crippen LogP contribution in [0.1, 0.15) is 10.4 Å². The minimum absolute atomic E-state index is 0.0686. The highest BCUT2D eigenvalue weighted by atomic mass is 79.9. The molecule has 0 saturated heterocycles. The van der Waals surface area contributed by atoms with E-state index in [2.05, 4.69) is 21.2 Å². The zero-order chi connectivity index (χ0) is 15.6. The van der Waals surface area contributed by atoms with Gasteiger partial charge < -0.3 is 10.4 Å². The molecule has 110 valence electrons. The topological polar surface area (TPSA) is 109 Å². The third-order valence-electron chi connectivity index (χ3n) is 2.63. The predicted octanol–water partition coefficient (Wildman–Crippen LogP) is 2.05. The summed E-state index contributed by atoms with van der Waals surface area (Å²) in [4.78, 5) is 11.9. The fraction of sp³-hybridized carbons (Fsp3) is 0. The summed E-state index contributed by atoms with van der Waals surface area (Å²) in [6.45, 7) is 0. The minimum atomic E-state index is -3.84. The highest BCUT2D eigenvalue weighted by Crippen LogP contribution is 2.25. The molecule has 0 heterocycles. The number of nitrogens with one attached hydrogen (secondary N) is 1. The van der Waals surface area contributed by atoms with Gasteiger partial charge in [-0.25, -0.2) is 13.6 Å². The van der Waals surface area contributed by atoms with E-state index >= 15 is 0 Å². The normalized spacial score (nSPS) is 11.1. The van der Waals surface area contributed by atoms with Gasteiger partial charge in [0.1, 0.15) is 5.75 Å². The van der Waals surface area contributed by atoms with Gasteiger partial charge in [-0.3, -0.25) is 4.79 Å². The van der Waals surface area contributed by atoms with Crippen LogP contribution in [0.5, 0.6) is 5.75 Å². The Morgan fingerprint density at radius 3 is 2.52 bits per heavy atom. The third-order valence-corrected chi connectivity index (χ3v) is 4.21. The fourth-order valence-electron chi connectivity index (χ4n) is 1.61.